The van der Waals surface area contributed by atoms with Crippen LogP contribution < -0.4 is 5.56 Å². The van der Waals surface area contributed by atoms with Crippen LogP contribution in [0.1, 0.15) is 50.6 Å². The number of hydrogen-bond acceptors (Lipinski definition) is 5. The predicted molar refractivity (Wildman–Crippen MR) is 95.1 cm³/mol. The molecule has 1 aliphatic rings. The topological polar surface area (TPSA) is 83.4 Å². The zero-order chi connectivity index (χ0) is 17.7. The van der Waals surface area contributed by atoms with Gasteiger partial charge in [0.1, 0.15) is 4.88 Å². The quantitative estimate of drug-likeness (QED) is 0.763. The van der Waals surface area contributed by atoms with Crippen molar-refractivity contribution in [3.63, 3.8) is 0 Å². The lowest BCUT2D eigenvalue weighted by atomic mass is 10.1. The number of fused-ring (bicyclic) bond motifs is 1. The van der Waals surface area contributed by atoms with Gasteiger partial charge in [0.05, 0.1) is 22.4 Å². The van der Waals surface area contributed by atoms with Crippen LogP contribution in [0.2, 0.25) is 0 Å². The van der Waals surface area contributed by atoms with Gasteiger partial charge in [-0.2, -0.15) is 0 Å². The number of nitrogens with zero attached hydrogens (tertiary/aromatic N) is 4. The number of carbonyl (C=O) groups excluding carboxylic acids is 1. The summed E-state index contributed by atoms with van der Waals surface area (Å²) >= 11 is 1.44. The second-order valence-electron chi connectivity index (χ2n) is 6.44. The molecule has 1 aliphatic heterocycles. The standard InChI is InChI=1S/C17H19N5O2S/c1-9-7-15(23)22-14(18-9)8-12(20-22)13-5-4-6-21(13)17(24)16-10(2)19-11(3)25-16/h7-8,13,20H,4-6H2,1-3H3/t13-/m1/s1. The molecule has 0 aromatic carbocycles. The van der Waals surface area contributed by atoms with Crippen LogP contribution in [0.5, 0.6) is 0 Å². The average Bonchev–Trinajstić information content (AvgIpc) is 3.23. The third-order valence-electron chi connectivity index (χ3n) is 4.57. The largest absolute Gasteiger partial charge is 0.329 e. The monoisotopic (exact) mass is 357 g/mol. The molecule has 0 radical (unpaired) electrons. The number of thiazole rings is 1. The molecule has 0 spiro atoms. The Morgan fingerprint density at radius 2 is 2.08 bits per heavy atom. The molecule has 1 saturated heterocycles. The minimum Gasteiger partial charge on any atom is -0.329 e. The molecule has 0 aliphatic carbocycles. The smallest absolute Gasteiger partial charge is 0.272 e. The molecule has 4 heterocycles. The molecule has 1 atom stereocenters. The van der Waals surface area contributed by atoms with Crippen molar-refractivity contribution in [3.8, 4) is 0 Å². The van der Waals surface area contributed by atoms with Crippen LogP contribution in [0.15, 0.2) is 16.9 Å². The lowest BCUT2D eigenvalue weighted by Crippen LogP contribution is -2.30. The van der Waals surface area contributed by atoms with Crippen molar-refractivity contribution < 1.29 is 4.79 Å². The molecule has 4 rings (SSSR count). The van der Waals surface area contributed by atoms with Crippen molar-refractivity contribution in [2.75, 3.05) is 6.54 Å². The normalized spacial score (nSPS) is 17.6. The van der Waals surface area contributed by atoms with Gasteiger partial charge >= 0.3 is 0 Å². The summed E-state index contributed by atoms with van der Waals surface area (Å²) in [5.41, 5.74) is 2.76. The van der Waals surface area contributed by atoms with Crippen LogP contribution in [0, 0.1) is 20.8 Å². The Balaban J connectivity index is 1.72. The van der Waals surface area contributed by atoms with Crippen molar-refractivity contribution in [2.24, 2.45) is 0 Å². The van der Waals surface area contributed by atoms with Gasteiger partial charge in [0.2, 0.25) is 0 Å². The highest BCUT2D eigenvalue weighted by atomic mass is 32.1. The van der Waals surface area contributed by atoms with E-state index >= 15 is 0 Å². The first-order valence-electron chi connectivity index (χ1n) is 8.28. The summed E-state index contributed by atoms with van der Waals surface area (Å²) in [4.78, 5) is 36.5. The Morgan fingerprint density at radius 1 is 1.28 bits per heavy atom. The molecule has 1 N–H and O–H groups in total. The molecule has 0 unspecified atom stereocenters. The molecule has 8 heteroatoms. The van der Waals surface area contributed by atoms with E-state index in [1.54, 1.807) is 6.92 Å². The Kier molecular flexibility index (Phi) is 3.72. The zero-order valence-corrected chi connectivity index (χ0v) is 15.2. The first-order valence-corrected chi connectivity index (χ1v) is 9.10. The number of aromatic amines is 1. The van der Waals surface area contributed by atoms with Gasteiger partial charge in [0, 0.05) is 24.4 Å². The van der Waals surface area contributed by atoms with Gasteiger partial charge in [0.15, 0.2) is 5.65 Å². The minimum atomic E-state index is -0.140. The van der Waals surface area contributed by atoms with Gasteiger partial charge in [-0.25, -0.2) is 14.5 Å². The van der Waals surface area contributed by atoms with Gasteiger partial charge in [-0.15, -0.1) is 11.3 Å². The van der Waals surface area contributed by atoms with Crippen molar-refractivity contribution in [3.05, 3.63) is 49.5 Å². The van der Waals surface area contributed by atoms with Crippen LogP contribution in [0.25, 0.3) is 5.65 Å². The number of rotatable bonds is 2. The predicted octanol–water partition coefficient (Wildman–Crippen LogP) is 2.38. The van der Waals surface area contributed by atoms with Gasteiger partial charge < -0.3 is 4.90 Å². The maximum absolute atomic E-state index is 13.0. The summed E-state index contributed by atoms with van der Waals surface area (Å²) in [5.74, 6) is 0.0146. The highest BCUT2D eigenvalue weighted by molar-refractivity contribution is 7.13. The van der Waals surface area contributed by atoms with E-state index in [0.29, 0.717) is 22.8 Å². The Hall–Kier alpha value is -2.48. The third kappa shape index (κ3) is 2.66. The van der Waals surface area contributed by atoms with E-state index in [-0.39, 0.29) is 17.5 Å². The number of amides is 1. The number of carbonyl (C=O) groups is 1. The minimum absolute atomic E-state index is 0.0146. The summed E-state index contributed by atoms with van der Waals surface area (Å²) in [5, 5.41) is 4.02. The summed E-state index contributed by atoms with van der Waals surface area (Å²) in [6, 6.07) is 3.29. The number of hydrogen-bond donors (Lipinski definition) is 1. The Bertz CT molecular complexity index is 1030. The van der Waals surface area contributed by atoms with Gasteiger partial charge in [-0.1, -0.05) is 0 Å². The molecule has 3 aromatic heterocycles. The van der Waals surface area contributed by atoms with E-state index < -0.39 is 0 Å². The highest BCUT2D eigenvalue weighted by Crippen LogP contribution is 2.34. The molecular formula is C17H19N5O2S. The lowest BCUT2D eigenvalue weighted by molar-refractivity contribution is 0.0736. The van der Waals surface area contributed by atoms with E-state index in [4.69, 9.17) is 0 Å². The fraction of sp³-hybridized carbons (Fsp3) is 0.412. The fourth-order valence-corrected chi connectivity index (χ4v) is 4.37. The molecule has 0 bridgehead atoms. The number of aromatic nitrogens is 4. The Morgan fingerprint density at radius 3 is 2.80 bits per heavy atom. The first-order chi connectivity index (χ1) is 11.9. The van der Waals surface area contributed by atoms with Crippen LogP contribution in [-0.2, 0) is 0 Å². The van der Waals surface area contributed by atoms with Crippen molar-refractivity contribution >= 4 is 22.9 Å². The number of likely N-dealkylation sites (tertiary alicyclic amines) is 1. The summed E-state index contributed by atoms with van der Waals surface area (Å²) in [6.45, 7) is 6.29. The summed E-state index contributed by atoms with van der Waals surface area (Å²) < 4.78 is 1.44. The lowest BCUT2D eigenvalue weighted by Gasteiger charge is -2.23. The maximum Gasteiger partial charge on any atom is 0.272 e. The second kappa shape index (κ2) is 5.80. The van der Waals surface area contributed by atoms with Gasteiger partial charge in [-0.05, 0) is 33.6 Å². The molecule has 1 amide bonds. The number of aryl methyl sites for hydroxylation is 3. The Labute approximate surface area is 148 Å². The molecule has 0 saturated carbocycles. The van der Waals surface area contributed by atoms with Crippen LogP contribution in [0.3, 0.4) is 0 Å². The molecule has 7 nitrogen and oxygen atoms in total. The third-order valence-corrected chi connectivity index (χ3v) is 5.63. The second-order valence-corrected chi connectivity index (χ2v) is 7.65. The van der Waals surface area contributed by atoms with Gasteiger partial charge in [0.25, 0.3) is 11.5 Å². The van der Waals surface area contributed by atoms with Crippen LogP contribution in [-0.4, -0.2) is 36.9 Å². The average molecular weight is 357 g/mol. The van der Waals surface area contributed by atoms with E-state index in [9.17, 15) is 9.59 Å². The molecule has 3 aromatic rings. The zero-order valence-electron chi connectivity index (χ0n) is 14.4. The molecule has 130 valence electrons. The first kappa shape index (κ1) is 16.0. The molecule has 1 fully saturated rings. The van der Waals surface area contributed by atoms with Crippen LogP contribution in [0.4, 0.5) is 0 Å². The summed E-state index contributed by atoms with van der Waals surface area (Å²) in [6.07, 6.45) is 1.80. The number of nitrogens with one attached hydrogen (secondary N) is 1. The van der Waals surface area contributed by atoms with Crippen molar-refractivity contribution in [2.45, 2.75) is 39.7 Å². The SMILES string of the molecule is Cc1cc(=O)n2[nH]c([C@H]3CCCN3C(=O)c3sc(C)nc3C)cc2n1. The van der Waals surface area contributed by atoms with Gasteiger partial charge in [-0.3, -0.25) is 14.7 Å². The fourth-order valence-electron chi connectivity index (χ4n) is 3.49. The van der Waals surface area contributed by atoms with Crippen molar-refractivity contribution in [1.82, 2.24) is 24.5 Å². The van der Waals surface area contributed by atoms with E-state index in [1.165, 1.54) is 21.9 Å². The molecular weight excluding hydrogens is 338 g/mol. The van der Waals surface area contributed by atoms with E-state index in [1.807, 2.05) is 24.8 Å². The number of H-pyrrole nitrogens is 1. The maximum atomic E-state index is 13.0. The highest BCUT2D eigenvalue weighted by Gasteiger charge is 2.33. The summed E-state index contributed by atoms with van der Waals surface area (Å²) in [7, 11) is 0. The van der Waals surface area contributed by atoms with E-state index in [0.717, 1.165) is 29.2 Å². The van der Waals surface area contributed by atoms with Crippen molar-refractivity contribution in [1.29, 1.82) is 0 Å². The molecule has 25 heavy (non-hydrogen) atoms. The van der Waals surface area contributed by atoms with E-state index in [2.05, 4.69) is 15.1 Å². The van der Waals surface area contributed by atoms with Crippen LogP contribution >= 0.6 is 11.3 Å².